The molecule has 1 aliphatic rings. The van der Waals surface area contributed by atoms with Gasteiger partial charge in [0.15, 0.2) is 0 Å². The number of amides is 2. The van der Waals surface area contributed by atoms with Crippen LogP contribution in [0.2, 0.25) is 0 Å². The first-order chi connectivity index (χ1) is 11.0. The van der Waals surface area contributed by atoms with E-state index in [1.165, 1.54) is 16.9 Å². The lowest BCUT2D eigenvalue weighted by molar-refractivity contribution is -0.130. The third-order valence-corrected chi connectivity index (χ3v) is 4.93. The molecule has 0 saturated carbocycles. The average Bonchev–Trinajstić information content (AvgIpc) is 3.05. The number of benzene rings is 1. The lowest BCUT2D eigenvalue weighted by atomic mass is 10.2. The van der Waals surface area contributed by atoms with Gasteiger partial charge in [0.25, 0.3) is 5.91 Å². The number of carbonyl (C=O) groups excluding carboxylic acids is 2. The molecule has 2 amide bonds. The van der Waals surface area contributed by atoms with Crippen molar-refractivity contribution in [2.24, 2.45) is 0 Å². The summed E-state index contributed by atoms with van der Waals surface area (Å²) in [5.41, 5.74) is 2.72. The highest BCUT2D eigenvalue weighted by molar-refractivity contribution is 7.13. The topological polar surface area (TPSA) is 53.5 Å². The van der Waals surface area contributed by atoms with Gasteiger partial charge >= 0.3 is 0 Å². The van der Waals surface area contributed by atoms with E-state index in [0.717, 1.165) is 10.6 Å². The lowest BCUT2D eigenvalue weighted by Gasteiger charge is -2.33. The normalized spacial score (nSPS) is 14.9. The Morgan fingerprint density at radius 1 is 1.04 bits per heavy atom. The van der Waals surface area contributed by atoms with Crippen LogP contribution in [0.3, 0.4) is 0 Å². The van der Waals surface area contributed by atoms with Crippen molar-refractivity contribution in [3.05, 3.63) is 40.9 Å². The first kappa shape index (κ1) is 15.7. The lowest BCUT2D eigenvalue weighted by Crippen LogP contribution is -2.50. The zero-order valence-corrected chi connectivity index (χ0v) is 14.1. The number of carbonyl (C=O) groups is 2. The Kier molecular flexibility index (Phi) is 4.43. The molecule has 120 valence electrons. The quantitative estimate of drug-likeness (QED) is 0.850. The fourth-order valence-corrected chi connectivity index (χ4v) is 3.39. The van der Waals surface area contributed by atoms with Gasteiger partial charge in [-0.1, -0.05) is 29.8 Å². The molecule has 1 saturated heterocycles. The molecule has 1 aliphatic heterocycles. The Morgan fingerprint density at radius 3 is 2.26 bits per heavy atom. The summed E-state index contributed by atoms with van der Waals surface area (Å²) in [6, 6.07) is 8.13. The molecule has 0 atom stereocenters. The van der Waals surface area contributed by atoms with Crippen LogP contribution >= 0.6 is 11.3 Å². The summed E-state index contributed by atoms with van der Waals surface area (Å²) in [6.45, 7) is 5.92. The minimum absolute atomic E-state index is 0.0530. The van der Waals surface area contributed by atoms with Gasteiger partial charge in [0.2, 0.25) is 5.91 Å². The summed E-state index contributed by atoms with van der Waals surface area (Å²) in [6.07, 6.45) is 0. The summed E-state index contributed by atoms with van der Waals surface area (Å²) in [5.74, 6) is 0.00947. The third-order valence-electron chi connectivity index (χ3n) is 4.03. The number of aromatic nitrogens is 1. The van der Waals surface area contributed by atoms with Crippen LogP contribution in [0.15, 0.2) is 29.6 Å². The van der Waals surface area contributed by atoms with Crippen LogP contribution in [-0.2, 0) is 4.79 Å². The van der Waals surface area contributed by atoms with E-state index in [0.29, 0.717) is 31.9 Å². The van der Waals surface area contributed by atoms with E-state index in [1.54, 1.807) is 16.7 Å². The molecule has 0 spiro atoms. The van der Waals surface area contributed by atoms with E-state index < -0.39 is 0 Å². The largest absolute Gasteiger partial charge is 0.339 e. The number of rotatable bonds is 2. The molecule has 0 N–H and O–H groups in total. The molecule has 1 fully saturated rings. The van der Waals surface area contributed by atoms with Crippen LogP contribution in [0.25, 0.3) is 10.6 Å². The molecular formula is C17H19N3O2S. The zero-order valence-electron chi connectivity index (χ0n) is 13.3. The van der Waals surface area contributed by atoms with Gasteiger partial charge in [-0.2, -0.15) is 0 Å². The Bertz CT molecular complexity index is 716. The van der Waals surface area contributed by atoms with Crippen LogP contribution in [0.4, 0.5) is 0 Å². The maximum atomic E-state index is 12.5. The van der Waals surface area contributed by atoms with E-state index >= 15 is 0 Å². The van der Waals surface area contributed by atoms with Crippen molar-refractivity contribution in [3.63, 3.8) is 0 Å². The van der Waals surface area contributed by atoms with E-state index in [1.807, 2.05) is 36.6 Å². The van der Waals surface area contributed by atoms with Gasteiger partial charge in [-0.05, 0) is 6.92 Å². The Labute approximate surface area is 139 Å². The Balaban J connectivity index is 1.69. The van der Waals surface area contributed by atoms with Gasteiger partial charge in [-0.15, -0.1) is 11.3 Å². The smallest absolute Gasteiger partial charge is 0.273 e. The fourth-order valence-electron chi connectivity index (χ4n) is 2.59. The molecule has 23 heavy (non-hydrogen) atoms. The van der Waals surface area contributed by atoms with Crippen molar-refractivity contribution in [2.75, 3.05) is 26.2 Å². The van der Waals surface area contributed by atoms with E-state index in [9.17, 15) is 9.59 Å². The van der Waals surface area contributed by atoms with E-state index in [-0.39, 0.29) is 11.8 Å². The number of aryl methyl sites for hydroxylation is 1. The van der Waals surface area contributed by atoms with Crippen molar-refractivity contribution in [2.45, 2.75) is 13.8 Å². The number of piperazine rings is 1. The fraction of sp³-hybridized carbons (Fsp3) is 0.353. The third kappa shape index (κ3) is 3.42. The second kappa shape index (κ2) is 6.50. The van der Waals surface area contributed by atoms with Crippen molar-refractivity contribution in [3.8, 4) is 10.6 Å². The maximum Gasteiger partial charge on any atom is 0.273 e. The summed E-state index contributed by atoms with van der Waals surface area (Å²) in [7, 11) is 0. The summed E-state index contributed by atoms with van der Waals surface area (Å²) < 4.78 is 0. The van der Waals surface area contributed by atoms with Gasteiger partial charge in [0.05, 0.1) is 0 Å². The SMILES string of the molecule is CC(=O)N1CCN(C(=O)c2csc(-c3ccc(C)cc3)n2)CC1. The molecule has 5 nitrogen and oxygen atoms in total. The van der Waals surface area contributed by atoms with Gasteiger partial charge in [-0.3, -0.25) is 9.59 Å². The number of hydrogen-bond donors (Lipinski definition) is 0. The van der Waals surface area contributed by atoms with Crippen molar-refractivity contribution < 1.29 is 9.59 Å². The average molecular weight is 329 g/mol. The van der Waals surface area contributed by atoms with Crippen LogP contribution in [0.5, 0.6) is 0 Å². The van der Waals surface area contributed by atoms with Gasteiger partial charge < -0.3 is 9.80 Å². The van der Waals surface area contributed by atoms with Crippen molar-refractivity contribution in [1.82, 2.24) is 14.8 Å². The molecular weight excluding hydrogens is 310 g/mol. The second-order valence-corrected chi connectivity index (χ2v) is 6.56. The van der Waals surface area contributed by atoms with Crippen LogP contribution in [-0.4, -0.2) is 52.8 Å². The molecule has 2 heterocycles. The highest BCUT2D eigenvalue weighted by Crippen LogP contribution is 2.24. The first-order valence-electron chi connectivity index (χ1n) is 7.62. The molecule has 1 aromatic carbocycles. The predicted octanol–water partition coefficient (Wildman–Crippen LogP) is 2.42. The van der Waals surface area contributed by atoms with Crippen LogP contribution < -0.4 is 0 Å². The number of nitrogens with zero attached hydrogens (tertiary/aromatic N) is 3. The second-order valence-electron chi connectivity index (χ2n) is 5.70. The predicted molar refractivity (Wildman–Crippen MR) is 90.4 cm³/mol. The monoisotopic (exact) mass is 329 g/mol. The van der Waals surface area contributed by atoms with Crippen molar-refractivity contribution in [1.29, 1.82) is 0 Å². The summed E-state index contributed by atoms with van der Waals surface area (Å²) in [4.78, 5) is 31.9. The Hall–Kier alpha value is -2.21. The zero-order chi connectivity index (χ0) is 16.4. The molecule has 0 bridgehead atoms. The van der Waals surface area contributed by atoms with Crippen LogP contribution in [0.1, 0.15) is 23.0 Å². The number of hydrogen-bond acceptors (Lipinski definition) is 4. The highest BCUT2D eigenvalue weighted by Gasteiger charge is 2.24. The molecule has 2 aromatic rings. The molecule has 6 heteroatoms. The number of thiazole rings is 1. The highest BCUT2D eigenvalue weighted by atomic mass is 32.1. The molecule has 0 radical (unpaired) electrons. The van der Waals surface area contributed by atoms with Gasteiger partial charge in [0.1, 0.15) is 10.7 Å². The maximum absolute atomic E-state index is 12.5. The first-order valence-corrected chi connectivity index (χ1v) is 8.50. The van der Waals surface area contributed by atoms with Gasteiger partial charge in [-0.25, -0.2) is 4.98 Å². The molecule has 0 unspecified atom stereocenters. The van der Waals surface area contributed by atoms with Crippen LogP contribution in [0, 0.1) is 6.92 Å². The summed E-state index contributed by atoms with van der Waals surface area (Å²) in [5, 5.41) is 2.67. The van der Waals surface area contributed by atoms with E-state index in [4.69, 9.17) is 0 Å². The molecule has 3 rings (SSSR count). The Morgan fingerprint density at radius 2 is 1.65 bits per heavy atom. The minimum Gasteiger partial charge on any atom is -0.339 e. The van der Waals surface area contributed by atoms with Crippen molar-refractivity contribution >= 4 is 23.2 Å². The molecule has 1 aromatic heterocycles. The molecule has 0 aliphatic carbocycles. The summed E-state index contributed by atoms with van der Waals surface area (Å²) >= 11 is 1.48. The standard InChI is InChI=1S/C17H19N3O2S/c1-12-3-5-14(6-4-12)16-18-15(11-23-16)17(22)20-9-7-19(8-10-20)13(2)21/h3-6,11H,7-10H2,1-2H3. The van der Waals surface area contributed by atoms with Gasteiger partial charge in [0, 0.05) is 44.0 Å². The van der Waals surface area contributed by atoms with E-state index in [2.05, 4.69) is 4.98 Å². The minimum atomic E-state index is -0.0530.